The van der Waals surface area contributed by atoms with E-state index in [1.165, 1.54) is 0 Å². The van der Waals surface area contributed by atoms with Gasteiger partial charge in [-0.05, 0) is 38.1 Å². The Hall–Kier alpha value is -2.74. The summed E-state index contributed by atoms with van der Waals surface area (Å²) in [7, 11) is 0. The molecule has 3 rings (SSSR count). The average molecular weight is 403 g/mol. The molecule has 2 heterocycles. The van der Waals surface area contributed by atoms with Crippen LogP contribution in [0.4, 0.5) is 10.5 Å². The number of carbonyl (C=O) groups excluding carboxylic acids is 1. The number of aromatic nitrogens is 3. The van der Waals surface area contributed by atoms with Gasteiger partial charge in [-0.1, -0.05) is 21.1 Å². The van der Waals surface area contributed by atoms with Crippen molar-refractivity contribution >= 4 is 27.7 Å². The number of benzene rings is 1. The molecular weight excluding hydrogens is 388 g/mol. The number of rotatable bonds is 4. The van der Waals surface area contributed by atoms with Crippen LogP contribution in [-0.4, -0.2) is 21.2 Å². The van der Waals surface area contributed by atoms with Gasteiger partial charge in [-0.15, -0.1) is 0 Å². The highest BCUT2D eigenvalue weighted by molar-refractivity contribution is 9.10. The Morgan fingerprint density at radius 3 is 2.72 bits per heavy atom. The third kappa shape index (κ3) is 4.03. The second-order valence-corrected chi connectivity index (χ2v) is 6.20. The number of hydrogen-bond donors (Lipinski definition) is 1. The summed E-state index contributed by atoms with van der Waals surface area (Å²) in [5, 5.41) is 6.62. The maximum atomic E-state index is 12.2. The predicted molar refractivity (Wildman–Crippen MR) is 94.9 cm³/mol. The molecule has 0 aliphatic rings. The molecule has 1 amide bonds. The molecule has 0 spiro atoms. The summed E-state index contributed by atoms with van der Waals surface area (Å²) >= 11 is 3.38. The molecule has 7 nitrogen and oxygen atoms in total. The fourth-order valence-corrected chi connectivity index (χ4v) is 2.45. The lowest BCUT2D eigenvalue weighted by Gasteiger charge is -2.13. The Balaban J connectivity index is 1.75. The van der Waals surface area contributed by atoms with E-state index < -0.39 is 12.2 Å². The number of ether oxygens (including phenoxy) is 1. The Morgan fingerprint density at radius 2 is 2.04 bits per heavy atom. The molecule has 1 unspecified atom stereocenters. The van der Waals surface area contributed by atoms with E-state index in [1.54, 1.807) is 32.4 Å². The van der Waals surface area contributed by atoms with Crippen LogP contribution in [0.3, 0.4) is 0 Å². The molecule has 0 aliphatic carbocycles. The number of nitrogens with one attached hydrogen (secondary N) is 1. The van der Waals surface area contributed by atoms with Crippen molar-refractivity contribution in [3.63, 3.8) is 0 Å². The molecule has 0 fully saturated rings. The highest BCUT2D eigenvalue weighted by Gasteiger charge is 2.20. The highest BCUT2D eigenvalue weighted by Crippen LogP contribution is 2.32. The average Bonchev–Trinajstić information content (AvgIpc) is 2.97. The minimum atomic E-state index is -0.622. The zero-order valence-electron chi connectivity index (χ0n) is 13.6. The maximum absolute atomic E-state index is 12.2. The number of aryl methyl sites for hydroxylation is 1. The third-order valence-corrected chi connectivity index (χ3v) is 4.01. The first-order valence-electron chi connectivity index (χ1n) is 7.50. The van der Waals surface area contributed by atoms with Crippen molar-refractivity contribution < 1.29 is 14.1 Å². The van der Waals surface area contributed by atoms with Crippen molar-refractivity contribution in [2.45, 2.75) is 20.0 Å². The van der Waals surface area contributed by atoms with Crippen LogP contribution in [-0.2, 0) is 4.74 Å². The molecule has 3 aromatic rings. The van der Waals surface area contributed by atoms with Crippen LogP contribution < -0.4 is 5.32 Å². The van der Waals surface area contributed by atoms with E-state index in [-0.39, 0.29) is 0 Å². The Labute approximate surface area is 152 Å². The second-order valence-electron chi connectivity index (χ2n) is 5.28. The fourth-order valence-electron chi connectivity index (χ4n) is 2.19. The van der Waals surface area contributed by atoms with Crippen LogP contribution in [0.15, 0.2) is 51.9 Å². The van der Waals surface area contributed by atoms with Crippen LogP contribution in [0.2, 0.25) is 0 Å². The first kappa shape index (κ1) is 17.1. The van der Waals surface area contributed by atoms with E-state index in [0.717, 1.165) is 10.0 Å². The van der Waals surface area contributed by atoms with Crippen LogP contribution in [0.1, 0.15) is 24.4 Å². The largest absolute Gasteiger partial charge is 0.440 e. The van der Waals surface area contributed by atoms with Gasteiger partial charge in [-0.2, -0.15) is 0 Å². The van der Waals surface area contributed by atoms with Crippen molar-refractivity contribution in [3.05, 3.63) is 58.7 Å². The molecule has 25 heavy (non-hydrogen) atoms. The number of anilines is 1. The molecule has 128 valence electrons. The van der Waals surface area contributed by atoms with Gasteiger partial charge in [-0.3, -0.25) is 15.3 Å². The molecular formula is C17H15BrN4O3. The summed E-state index contributed by atoms with van der Waals surface area (Å²) in [6.07, 6.45) is 3.49. The zero-order valence-corrected chi connectivity index (χ0v) is 15.1. The van der Waals surface area contributed by atoms with Gasteiger partial charge in [-0.25, -0.2) is 4.79 Å². The van der Waals surface area contributed by atoms with Crippen molar-refractivity contribution in [1.29, 1.82) is 0 Å². The summed E-state index contributed by atoms with van der Waals surface area (Å²) in [6.45, 7) is 3.47. The smallest absolute Gasteiger partial charge is 0.412 e. The molecule has 0 saturated carbocycles. The topological polar surface area (TPSA) is 90.1 Å². The number of nitrogens with zero attached hydrogens (tertiary/aromatic N) is 3. The summed E-state index contributed by atoms with van der Waals surface area (Å²) in [6, 6.07) is 7.49. The Kier molecular flexibility index (Phi) is 5.08. The maximum Gasteiger partial charge on any atom is 0.412 e. The predicted octanol–water partition coefficient (Wildman–Crippen LogP) is 4.51. The van der Waals surface area contributed by atoms with Crippen LogP contribution in [0, 0.1) is 6.92 Å². The van der Waals surface area contributed by atoms with Gasteiger partial charge >= 0.3 is 6.09 Å². The number of halogens is 1. The molecule has 2 aromatic heterocycles. The van der Waals surface area contributed by atoms with Gasteiger partial charge < -0.3 is 9.26 Å². The molecule has 1 atom stereocenters. The second kappa shape index (κ2) is 7.43. The number of carbonyl (C=O) groups is 1. The molecule has 1 N–H and O–H groups in total. The number of hydrogen-bond acceptors (Lipinski definition) is 6. The minimum Gasteiger partial charge on any atom is -0.440 e. The first-order valence-corrected chi connectivity index (χ1v) is 8.29. The van der Waals surface area contributed by atoms with Crippen molar-refractivity contribution in [1.82, 2.24) is 15.1 Å². The molecule has 0 aliphatic heterocycles. The van der Waals surface area contributed by atoms with Crippen LogP contribution in [0.5, 0.6) is 0 Å². The van der Waals surface area contributed by atoms with Gasteiger partial charge in [0.05, 0.1) is 11.9 Å². The van der Waals surface area contributed by atoms with Crippen molar-refractivity contribution in [2.24, 2.45) is 0 Å². The lowest BCUT2D eigenvalue weighted by molar-refractivity contribution is 0.118. The first-order chi connectivity index (χ1) is 12.0. The molecule has 0 radical (unpaired) electrons. The lowest BCUT2D eigenvalue weighted by atomic mass is 10.1. The monoisotopic (exact) mass is 402 g/mol. The normalized spacial score (nSPS) is 11.8. The number of amides is 1. The third-order valence-electron chi connectivity index (χ3n) is 3.48. The molecule has 8 heteroatoms. The van der Waals surface area contributed by atoms with E-state index in [9.17, 15) is 4.79 Å². The lowest BCUT2D eigenvalue weighted by Crippen LogP contribution is -2.17. The molecule has 1 aromatic carbocycles. The van der Waals surface area contributed by atoms with E-state index in [0.29, 0.717) is 22.8 Å². The standard InChI is InChI=1S/C17H15BrN4O3/c1-10-15(16(25-22-10)12-3-5-13(18)6-4-12)21-17(23)24-11(2)14-9-19-7-8-20-14/h3-9,11H,1-2H3,(H,21,23). The van der Waals surface area contributed by atoms with E-state index >= 15 is 0 Å². The van der Waals surface area contributed by atoms with Gasteiger partial charge in [0.15, 0.2) is 5.76 Å². The van der Waals surface area contributed by atoms with Gasteiger partial charge in [0, 0.05) is 22.4 Å². The van der Waals surface area contributed by atoms with E-state index in [2.05, 4.69) is 36.4 Å². The Morgan fingerprint density at radius 1 is 1.28 bits per heavy atom. The van der Waals surface area contributed by atoms with Crippen molar-refractivity contribution in [2.75, 3.05) is 5.32 Å². The SMILES string of the molecule is Cc1noc(-c2ccc(Br)cc2)c1NC(=O)OC(C)c1cnccn1. The van der Waals surface area contributed by atoms with Gasteiger partial charge in [0.2, 0.25) is 0 Å². The molecule has 0 saturated heterocycles. The van der Waals surface area contributed by atoms with Crippen LogP contribution >= 0.6 is 15.9 Å². The highest BCUT2D eigenvalue weighted by atomic mass is 79.9. The molecule has 0 bridgehead atoms. The summed E-state index contributed by atoms with van der Waals surface area (Å²) < 4.78 is 11.6. The van der Waals surface area contributed by atoms with Crippen molar-refractivity contribution in [3.8, 4) is 11.3 Å². The summed E-state index contributed by atoms with van der Waals surface area (Å²) in [4.78, 5) is 20.3. The van der Waals surface area contributed by atoms with Crippen LogP contribution in [0.25, 0.3) is 11.3 Å². The zero-order chi connectivity index (χ0) is 17.8. The summed E-state index contributed by atoms with van der Waals surface area (Å²) in [5.41, 5.74) is 2.38. The minimum absolute atomic E-state index is 0.467. The van der Waals surface area contributed by atoms with Gasteiger partial charge in [0.1, 0.15) is 17.5 Å². The quantitative estimate of drug-likeness (QED) is 0.689. The Bertz CT molecular complexity index is 865. The van der Waals surface area contributed by atoms with E-state index in [4.69, 9.17) is 9.26 Å². The van der Waals surface area contributed by atoms with E-state index in [1.807, 2.05) is 24.3 Å². The fraction of sp³-hybridized carbons (Fsp3) is 0.176. The summed E-state index contributed by atoms with van der Waals surface area (Å²) in [5.74, 6) is 0.467. The van der Waals surface area contributed by atoms with Gasteiger partial charge in [0.25, 0.3) is 0 Å².